The van der Waals surface area contributed by atoms with Crippen molar-refractivity contribution < 1.29 is 18.7 Å². The Hall–Kier alpha value is -1.91. The Balaban J connectivity index is 2.85. The summed E-state index contributed by atoms with van der Waals surface area (Å²) in [6, 6.07) is 5.11. The number of rotatable bonds is 4. The second-order valence-corrected chi connectivity index (χ2v) is 3.58. The zero-order valence-electron chi connectivity index (χ0n) is 9.70. The number of benzene rings is 1. The zero-order chi connectivity index (χ0) is 12.8. The molecule has 17 heavy (non-hydrogen) atoms. The first-order chi connectivity index (χ1) is 8.02. The molecule has 0 aliphatic rings. The number of methoxy groups -OCH3 is 1. The van der Waals surface area contributed by atoms with E-state index in [1.807, 2.05) is 0 Å². The van der Waals surface area contributed by atoms with E-state index < -0.39 is 12.0 Å². The predicted octanol–water partition coefficient (Wildman–Crippen LogP) is 1.57. The van der Waals surface area contributed by atoms with Crippen molar-refractivity contribution in [2.75, 3.05) is 7.11 Å². The Morgan fingerprint density at radius 3 is 2.41 bits per heavy atom. The number of carbonyl (C=O) groups excluding carboxylic acids is 2. The smallest absolute Gasteiger partial charge is 0.307 e. The van der Waals surface area contributed by atoms with Gasteiger partial charge in [0.1, 0.15) is 5.82 Å². The first kappa shape index (κ1) is 13.2. The van der Waals surface area contributed by atoms with Gasteiger partial charge in [-0.2, -0.15) is 0 Å². The fraction of sp³-hybridized carbons (Fsp3) is 0.333. The van der Waals surface area contributed by atoms with Gasteiger partial charge in [-0.3, -0.25) is 9.59 Å². The molecule has 0 aliphatic carbocycles. The first-order valence-corrected chi connectivity index (χ1v) is 5.12. The van der Waals surface area contributed by atoms with E-state index in [9.17, 15) is 14.0 Å². The highest BCUT2D eigenvalue weighted by atomic mass is 19.1. The van der Waals surface area contributed by atoms with Crippen molar-refractivity contribution in [2.24, 2.45) is 0 Å². The van der Waals surface area contributed by atoms with Crippen LogP contribution in [0.25, 0.3) is 0 Å². The molecule has 1 aromatic rings. The van der Waals surface area contributed by atoms with Gasteiger partial charge in [-0.25, -0.2) is 4.39 Å². The molecule has 92 valence electrons. The summed E-state index contributed by atoms with van der Waals surface area (Å²) in [6.45, 7) is 1.35. The summed E-state index contributed by atoms with van der Waals surface area (Å²) in [5.74, 6) is -1.07. The fourth-order valence-electron chi connectivity index (χ4n) is 1.44. The minimum Gasteiger partial charge on any atom is -0.469 e. The second-order valence-electron chi connectivity index (χ2n) is 3.58. The van der Waals surface area contributed by atoms with Crippen molar-refractivity contribution in [1.29, 1.82) is 0 Å². The lowest BCUT2D eigenvalue weighted by atomic mass is 10.0. The summed E-state index contributed by atoms with van der Waals surface area (Å²) in [5, 5.41) is 2.62. The second kappa shape index (κ2) is 5.98. The number of amides is 1. The summed E-state index contributed by atoms with van der Waals surface area (Å²) < 4.78 is 17.3. The Bertz CT molecular complexity index is 403. The molecule has 0 saturated heterocycles. The molecule has 0 aliphatic heterocycles. The van der Waals surface area contributed by atoms with Crippen LogP contribution in [0, 0.1) is 5.82 Å². The van der Waals surface area contributed by atoms with Gasteiger partial charge in [-0.05, 0) is 17.7 Å². The maximum absolute atomic E-state index is 12.8. The molecular formula is C12H14FNO3. The van der Waals surface area contributed by atoms with Gasteiger partial charge in [-0.15, -0.1) is 0 Å². The SMILES string of the molecule is COC(=O)C[C@@H](NC(C)=O)c1ccc(F)cc1. The number of carbonyl (C=O) groups is 2. The van der Waals surface area contributed by atoms with Crippen LogP contribution in [0.1, 0.15) is 24.9 Å². The molecular weight excluding hydrogens is 225 g/mol. The molecule has 0 saturated carbocycles. The van der Waals surface area contributed by atoms with E-state index in [4.69, 9.17) is 0 Å². The van der Waals surface area contributed by atoms with Crippen LogP contribution in [0.2, 0.25) is 0 Å². The Morgan fingerprint density at radius 2 is 1.94 bits per heavy atom. The van der Waals surface area contributed by atoms with Gasteiger partial charge in [0.05, 0.1) is 19.6 Å². The first-order valence-electron chi connectivity index (χ1n) is 5.12. The van der Waals surface area contributed by atoms with E-state index in [0.29, 0.717) is 5.56 Å². The third-order valence-electron chi connectivity index (χ3n) is 2.25. The van der Waals surface area contributed by atoms with Gasteiger partial charge < -0.3 is 10.1 Å². The van der Waals surface area contributed by atoms with E-state index >= 15 is 0 Å². The number of esters is 1. The summed E-state index contributed by atoms with van der Waals surface area (Å²) in [5.41, 5.74) is 0.659. The maximum atomic E-state index is 12.8. The van der Waals surface area contributed by atoms with Crippen molar-refractivity contribution in [3.63, 3.8) is 0 Å². The third kappa shape index (κ3) is 4.22. The average Bonchev–Trinajstić information content (AvgIpc) is 2.28. The van der Waals surface area contributed by atoms with Crippen molar-refractivity contribution in [3.8, 4) is 0 Å². The predicted molar refractivity (Wildman–Crippen MR) is 59.6 cm³/mol. The highest BCUT2D eigenvalue weighted by Gasteiger charge is 2.17. The number of halogens is 1. The van der Waals surface area contributed by atoms with Crippen LogP contribution in [0.5, 0.6) is 0 Å². The monoisotopic (exact) mass is 239 g/mol. The standard InChI is InChI=1S/C12H14FNO3/c1-8(15)14-11(7-12(16)17-2)9-3-5-10(13)6-4-9/h3-6,11H,7H2,1-2H3,(H,14,15)/t11-/m1/s1. The number of hydrogen-bond acceptors (Lipinski definition) is 3. The van der Waals surface area contributed by atoms with Gasteiger partial charge >= 0.3 is 5.97 Å². The van der Waals surface area contributed by atoms with Crippen LogP contribution >= 0.6 is 0 Å². The lowest BCUT2D eigenvalue weighted by molar-refractivity contribution is -0.141. The highest BCUT2D eigenvalue weighted by molar-refractivity contribution is 5.75. The van der Waals surface area contributed by atoms with Crippen molar-refractivity contribution in [3.05, 3.63) is 35.6 Å². The van der Waals surface area contributed by atoms with Gasteiger partial charge in [-0.1, -0.05) is 12.1 Å². The topological polar surface area (TPSA) is 55.4 Å². The number of ether oxygens (including phenoxy) is 1. The maximum Gasteiger partial charge on any atom is 0.307 e. The summed E-state index contributed by atoms with van der Waals surface area (Å²) in [6.07, 6.45) is 0.0156. The molecule has 0 radical (unpaired) electrons. The molecule has 1 atom stereocenters. The molecule has 0 unspecified atom stereocenters. The number of hydrogen-bond donors (Lipinski definition) is 1. The Morgan fingerprint density at radius 1 is 1.35 bits per heavy atom. The van der Waals surface area contributed by atoms with Gasteiger partial charge in [0.25, 0.3) is 0 Å². The third-order valence-corrected chi connectivity index (χ3v) is 2.25. The molecule has 0 spiro atoms. The highest BCUT2D eigenvalue weighted by Crippen LogP contribution is 2.17. The van der Waals surface area contributed by atoms with Crippen molar-refractivity contribution in [2.45, 2.75) is 19.4 Å². The lowest BCUT2D eigenvalue weighted by Gasteiger charge is -2.17. The van der Waals surface area contributed by atoms with Crippen LogP contribution in [0.4, 0.5) is 4.39 Å². The van der Waals surface area contributed by atoms with E-state index in [1.165, 1.54) is 38.3 Å². The molecule has 5 heteroatoms. The molecule has 0 fully saturated rings. The van der Waals surface area contributed by atoms with Crippen LogP contribution in [0.15, 0.2) is 24.3 Å². The quantitative estimate of drug-likeness (QED) is 0.811. The Kier molecular flexibility index (Phi) is 4.63. The van der Waals surface area contributed by atoms with E-state index in [1.54, 1.807) is 0 Å². The van der Waals surface area contributed by atoms with Crippen LogP contribution in [0.3, 0.4) is 0 Å². The van der Waals surface area contributed by atoms with Crippen LogP contribution in [-0.4, -0.2) is 19.0 Å². The molecule has 0 heterocycles. The molecule has 0 bridgehead atoms. The zero-order valence-corrected chi connectivity index (χ0v) is 9.70. The van der Waals surface area contributed by atoms with Crippen molar-refractivity contribution in [1.82, 2.24) is 5.32 Å². The molecule has 1 rings (SSSR count). The fourth-order valence-corrected chi connectivity index (χ4v) is 1.44. The van der Waals surface area contributed by atoms with Gasteiger partial charge in [0.2, 0.25) is 5.91 Å². The normalized spacial score (nSPS) is 11.7. The minimum absolute atomic E-state index is 0.0156. The number of nitrogens with one attached hydrogen (secondary N) is 1. The van der Waals surface area contributed by atoms with E-state index in [0.717, 1.165) is 0 Å². The molecule has 4 nitrogen and oxygen atoms in total. The van der Waals surface area contributed by atoms with Crippen LogP contribution < -0.4 is 5.32 Å². The van der Waals surface area contributed by atoms with Gasteiger partial charge in [0, 0.05) is 6.92 Å². The lowest BCUT2D eigenvalue weighted by Crippen LogP contribution is -2.28. The molecule has 1 N–H and O–H groups in total. The summed E-state index contributed by atoms with van der Waals surface area (Å²) in [4.78, 5) is 22.2. The van der Waals surface area contributed by atoms with Gasteiger partial charge in [0.15, 0.2) is 0 Å². The van der Waals surface area contributed by atoms with Crippen LogP contribution in [-0.2, 0) is 14.3 Å². The summed E-state index contributed by atoms with van der Waals surface area (Å²) >= 11 is 0. The molecule has 1 amide bonds. The largest absolute Gasteiger partial charge is 0.469 e. The van der Waals surface area contributed by atoms with E-state index in [2.05, 4.69) is 10.1 Å². The average molecular weight is 239 g/mol. The van der Waals surface area contributed by atoms with Crippen molar-refractivity contribution >= 4 is 11.9 Å². The summed E-state index contributed by atoms with van der Waals surface area (Å²) in [7, 11) is 1.28. The minimum atomic E-state index is -0.499. The molecule has 0 aromatic heterocycles. The molecule has 1 aromatic carbocycles. The van der Waals surface area contributed by atoms with E-state index in [-0.39, 0.29) is 18.1 Å². The Labute approximate surface area is 98.8 Å².